The molecule has 1 aliphatic carbocycles. The average Bonchev–Trinajstić information content (AvgIpc) is 2.78. The van der Waals surface area contributed by atoms with Crippen molar-refractivity contribution in [2.24, 2.45) is 7.05 Å². The fraction of sp³-hybridized carbons (Fsp3) is 0.529. The highest BCUT2D eigenvalue weighted by Gasteiger charge is 2.51. The molecule has 2 aromatic rings. The van der Waals surface area contributed by atoms with Gasteiger partial charge in [0.1, 0.15) is 5.60 Å². The Kier molecular flexibility index (Phi) is 2.74. The lowest BCUT2D eigenvalue weighted by Gasteiger charge is -2.52. The van der Waals surface area contributed by atoms with Crippen LogP contribution >= 0.6 is 0 Å². The molecular formula is C17H22N2O2. The Labute approximate surface area is 124 Å². The predicted molar refractivity (Wildman–Crippen MR) is 82.4 cm³/mol. The number of hydrogen-bond donors (Lipinski definition) is 1. The van der Waals surface area contributed by atoms with Crippen molar-refractivity contribution in [2.45, 2.75) is 30.6 Å². The maximum absolute atomic E-state index is 10.3. The van der Waals surface area contributed by atoms with Crippen LogP contribution in [-0.4, -0.2) is 47.4 Å². The van der Waals surface area contributed by atoms with Gasteiger partial charge in [-0.2, -0.15) is 0 Å². The normalized spacial score (nSPS) is 32.4. The summed E-state index contributed by atoms with van der Waals surface area (Å²) >= 11 is 0. The first-order valence-electron chi connectivity index (χ1n) is 7.57. The van der Waals surface area contributed by atoms with Crippen LogP contribution in [0.5, 0.6) is 0 Å². The molecule has 1 aromatic carbocycles. The van der Waals surface area contributed by atoms with Crippen LogP contribution < -0.4 is 0 Å². The molecule has 2 aliphatic rings. The van der Waals surface area contributed by atoms with Crippen LogP contribution in [0, 0.1) is 0 Å². The summed E-state index contributed by atoms with van der Waals surface area (Å²) in [6, 6.07) is 6.72. The number of aliphatic hydroxyl groups excluding tert-OH is 1. The maximum Gasteiger partial charge on any atom is 0.112 e. The second-order valence-electron chi connectivity index (χ2n) is 6.58. The number of piperidine rings is 1. The van der Waals surface area contributed by atoms with Crippen molar-refractivity contribution in [3.63, 3.8) is 0 Å². The van der Waals surface area contributed by atoms with Crippen LogP contribution in [0.4, 0.5) is 0 Å². The molecule has 1 aromatic heterocycles. The van der Waals surface area contributed by atoms with Crippen molar-refractivity contribution < 1.29 is 9.84 Å². The summed E-state index contributed by atoms with van der Waals surface area (Å²) in [6.07, 6.45) is 3.55. The number of nitrogens with zero attached hydrogens (tertiary/aromatic N) is 2. The summed E-state index contributed by atoms with van der Waals surface area (Å²) in [5, 5.41) is 11.6. The van der Waals surface area contributed by atoms with Gasteiger partial charge < -0.3 is 14.4 Å². The molecule has 1 N–H and O–H groups in total. The summed E-state index contributed by atoms with van der Waals surface area (Å²) in [5.41, 5.74) is 3.48. The quantitative estimate of drug-likeness (QED) is 0.866. The minimum absolute atomic E-state index is 0.284. The molecule has 0 bridgehead atoms. The van der Waals surface area contributed by atoms with Crippen molar-refractivity contribution in [3.8, 4) is 0 Å². The Morgan fingerprint density at radius 2 is 2.14 bits per heavy atom. The third-order valence-electron chi connectivity index (χ3n) is 5.43. The number of aliphatic hydroxyl groups is 1. The van der Waals surface area contributed by atoms with Gasteiger partial charge in [0.25, 0.3) is 0 Å². The zero-order valence-corrected chi connectivity index (χ0v) is 12.8. The zero-order valence-electron chi connectivity index (χ0n) is 12.8. The van der Waals surface area contributed by atoms with Gasteiger partial charge in [0.05, 0.1) is 6.10 Å². The molecule has 1 fully saturated rings. The molecule has 1 saturated heterocycles. The number of likely N-dealkylation sites (N-methyl/N-ethyl adjacent to an activating group) is 1. The highest BCUT2D eigenvalue weighted by atomic mass is 16.5. The maximum atomic E-state index is 10.3. The number of ether oxygens (including phenoxy) is 1. The molecule has 4 rings (SSSR count). The number of benzene rings is 1. The van der Waals surface area contributed by atoms with Crippen LogP contribution in [0.3, 0.4) is 0 Å². The fourth-order valence-electron chi connectivity index (χ4n) is 4.56. The second kappa shape index (κ2) is 4.32. The minimum atomic E-state index is -0.402. The van der Waals surface area contributed by atoms with Gasteiger partial charge in [-0.25, -0.2) is 0 Å². The Balaban J connectivity index is 2.02. The van der Waals surface area contributed by atoms with Gasteiger partial charge in [-0.05, 0) is 30.7 Å². The molecule has 0 radical (unpaired) electrons. The number of hydrogen-bond acceptors (Lipinski definition) is 3. The Hall–Kier alpha value is -1.36. The summed E-state index contributed by atoms with van der Waals surface area (Å²) in [7, 11) is 5.98. The summed E-state index contributed by atoms with van der Waals surface area (Å²) < 4.78 is 8.27. The van der Waals surface area contributed by atoms with Gasteiger partial charge in [0, 0.05) is 50.3 Å². The number of fused-ring (bicyclic) bond motifs is 2. The largest absolute Gasteiger partial charge is 0.392 e. The molecule has 112 valence electrons. The number of rotatable bonds is 1. The van der Waals surface area contributed by atoms with E-state index in [-0.39, 0.29) is 12.1 Å². The van der Waals surface area contributed by atoms with E-state index >= 15 is 0 Å². The van der Waals surface area contributed by atoms with Gasteiger partial charge in [-0.1, -0.05) is 12.1 Å². The Bertz CT molecular complexity index is 708. The Morgan fingerprint density at radius 1 is 1.33 bits per heavy atom. The van der Waals surface area contributed by atoms with E-state index in [0.717, 1.165) is 6.42 Å². The van der Waals surface area contributed by atoms with Gasteiger partial charge in [0.15, 0.2) is 0 Å². The molecule has 0 saturated carbocycles. The van der Waals surface area contributed by atoms with Crippen molar-refractivity contribution in [2.75, 3.05) is 20.7 Å². The first-order chi connectivity index (χ1) is 10.1. The predicted octanol–water partition coefficient (Wildman–Crippen LogP) is 1.64. The van der Waals surface area contributed by atoms with E-state index in [9.17, 15) is 5.11 Å². The molecule has 21 heavy (non-hydrogen) atoms. The van der Waals surface area contributed by atoms with E-state index < -0.39 is 5.60 Å². The molecular weight excluding hydrogens is 264 g/mol. The van der Waals surface area contributed by atoms with Crippen molar-refractivity contribution in [1.82, 2.24) is 9.47 Å². The molecule has 0 unspecified atom stereocenters. The van der Waals surface area contributed by atoms with Gasteiger partial charge in [0.2, 0.25) is 0 Å². The minimum Gasteiger partial charge on any atom is -0.392 e. The summed E-state index contributed by atoms with van der Waals surface area (Å²) in [4.78, 5) is 2.26. The third-order valence-corrected chi connectivity index (χ3v) is 5.43. The first kappa shape index (κ1) is 13.3. The highest BCUT2D eigenvalue weighted by molar-refractivity contribution is 5.89. The van der Waals surface area contributed by atoms with Crippen molar-refractivity contribution in [3.05, 3.63) is 35.5 Å². The second-order valence-corrected chi connectivity index (χ2v) is 6.58. The van der Waals surface area contributed by atoms with Crippen LogP contribution in [-0.2, 0) is 23.8 Å². The highest BCUT2D eigenvalue weighted by Crippen LogP contribution is 2.48. The van der Waals surface area contributed by atoms with Gasteiger partial charge in [-0.3, -0.25) is 4.90 Å². The number of aromatic nitrogens is 1. The lowest BCUT2D eigenvalue weighted by molar-refractivity contribution is -0.141. The molecule has 0 amide bonds. The number of β-amino-alcohol motifs (C(OH)–C–C–N with tert-alkyl or cyclic N) is 1. The molecule has 4 heteroatoms. The van der Waals surface area contributed by atoms with E-state index in [2.05, 4.69) is 48.0 Å². The monoisotopic (exact) mass is 286 g/mol. The number of methoxy groups -OCH3 is 1. The average molecular weight is 286 g/mol. The molecule has 1 aliphatic heterocycles. The zero-order chi connectivity index (χ0) is 14.8. The van der Waals surface area contributed by atoms with Crippen LogP contribution in [0.25, 0.3) is 10.9 Å². The van der Waals surface area contributed by atoms with Gasteiger partial charge in [-0.15, -0.1) is 0 Å². The van der Waals surface area contributed by atoms with Crippen LogP contribution in [0.15, 0.2) is 24.4 Å². The van der Waals surface area contributed by atoms with Crippen molar-refractivity contribution >= 4 is 10.9 Å². The third kappa shape index (κ3) is 1.61. The first-order valence-corrected chi connectivity index (χ1v) is 7.57. The van der Waals surface area contributed by atoms with E-state index in [1.165, 1.54) is 22.0 Å². The standard InChI is InChI=1S/C17H22N2O2/c1-18-9-11-7-15-17(21-3,8-12(20)10-19(15)2)13-5-4-6-14(18)16(11)13/h4-6,9,12,15,20H,7-8,10H2,1-3H3/t12-,15-,17+/m1/s1. The molecule has 0 spiro atoms. The lowest BCUT2D eigenvalue weighted by atomic mass is 9.70. The topological polar surface area (TPSA) is 37.6 Å². The summed E-state index contributed by atoms with van der Waals surface area (Å²) in [6.45, 7) is 0.716. The van der Waals surface area contributed by atoms with Gasteiger partial charge >= 0.3 is 0 Å². The number of likely N-dealkylation sites (tertiary alicyclic amines) is 1. The molecule has 2 heterocycles. The summed E-state index contributed by atoms with van der Waals surface area (Å²) in [5.74, 6) is 0. The molecule has 3 atom stereocenters. The number of aryl methyl sites for hydroxylation is 1. The SMILES string of the molecule is CO[C@]12C[C@@H](O)CN(C)[C@@H]1Cc1cn(C)c3cccc2c13. The van der Waals surface area contributed by atoms with E-state index in [1.54, 1.807) is 7.11 Å². The fourth-order valence-corrected chi connectivity index (χ4v) is 4.56. The Morgan fingerprint density at radius 3 is 2.90 bits per heavy atom. The van der Waals surface area contributed by atoms with Crippen LogP contribution in [0.2, 0.25) is 0 Å². The molecule has 4 nitrogen and oxygen atoms in total. The van der Waals surface area contributed by atoms with E-state index in [0.29, 0.717) is 13.0 Å². The van der Waals surface area contributed by atoms with E-state index in [4.69, 9.17) is 4.74 Å². The van der Waals surface area contributed by atoms with Crippen LogP contribution in [0.1, 0.15) is 17.5 Å². The lowest BCUT2D eigenvalue weighted by Crippen LogP contribution is -2.60. The van der Waals surface area contributed by atoms with E-state index in [1.807, 2.05) is 0 Å². The smallest absolute Gasteiger partial charge is 0.112 e. The van der Waals surface area contributed by atoms with Crippen molar-refractivity contribution in [1.29, 1.82) is 0 Å².